The van der Waals surface area contributed by atoms with Crippen molar-refractivity contribution in [3.8, 4) is 0 Å². The Kier molecular flexibility index (Phi) is 4.51. The number of carbonyl (C=O) groups excluding carboxylic acids is 1. The van der Waals surface area contributed by atoms with E-state index in [0.717, 1.165) is 0 Å². The molecule has 0 aromatic heterocycles. The highest BCUT2D eigenvalue weighted by molar-refractivity contribution is 7.92. The third-order valence-electron chi connectivity index (χ3n) is 1.95. The van der Waals surface area contributed by atoms with Crippen LogP contribution in [0.25, 0.3) is 0 Å². The van der Waals surface area contributed by atoms with Gasteiger partial charge in [0.25, 0.3) is 0 Å². The van der Waals surface area contributed by atoms with Crippen molar-refractivity contribution in [3.63, 3.8) is 0 Å². The predicted octanol–water partition coefficient (Wildman–Crippen LogP) is 1.80. The first-order chi connectivity index (χ1) is 7.93. The molecule has 2 N–H and O–H groups in total. The van der Waals surface area contributed by atoms with Gasteiger partial charge >= 0.3 is 0 Å². The number of benzene rings is 1. The second-order valence-electron chi connectivity index (χ2n) is 3.68. The lowest BCUT2D eigenvalue weighted by Gasteiger charge is -2.08. The molecule has 1 aromatic carbocycles. The molecule has 0 unspecified atom stereocenters. The smallest absolute Gasteiger partial charge is 0.232 e. The van der Waals surface area contributed by atoms with Crippen LogP contribution in [-0.4, -0.2) is 20.1 Å². The predicted molar refractivity (Wildman–Crippen MR) is 68.4 cm³/mol. The molecule has 1 rings (SSSR count). The van der Waals surface area contributed by atoms with Gasteiger partial charge in [-0.2, -0.15) is 0 Å². The lowest BCUT2D eigenvalue weighted by atomic mass is 10.3. The summed E-state index contributed by atoms with van der Waals surface area (Å²) in [6.45, 7) is 3.22. The van der Waals surface area contributed by atoms with Crippen LogP contribution in [0.2, 0.25) is 0 Å². The van der Waals surface area contributed by atoms with Gasteiger partial charge in [0, 0.05) is 18.3 Å². The molecular weight excluding hydrogens is 240 g/mol. The van der Waals surface area contributed by atoms with Crippen molar-refractivity contribution in [2.24, 2.45) is 0 Å². The molecule has 0 radical (unpaired) electrons. The number of anilines is 2. The normalized spacial score (nSPS) is 10.9. The Morgan fingerprint density at radius 2 is 1.71 bits per heavy atom. The molecule has 0 spiro atoms. The molecule has 0 atom stereocenters. The Morgan fingerprint density at radius 3 is 2.18 bits per heavy atom. The van der Waals surface area contributed by atoms with E-state index in [0.29, 0.717) is 17.8 Å². The van der Waals surface area contributed by atoms with Gasteiger partial charge in [-0.25, -0.2) is 8.42 Å². The summed E-state index contributed by atoms with van der Waals surface area (Å²) in [5, 5.41) is 2.60. The van der Waals surface area contributed by atoms with Crippen LogP contribution in [0.4, 0.5) is 11.4 Å². The summed E-state index contributed by atoms with van der Waals surface area (Å²) in [6.07, 6.45) is 0.569. The van der Waals surface area contributed by atoms with Crippen LogP contribution in [-0.2, 0) is 14.8 Å². The van der Waals surface area contributed by atoms with Crippen molar-refractivity contribution in [2.75, 3.05) is 15.8 Å². The fraction of sp³-hybridized carbons (Fsp3) is 0.364. The van der Waals surface area contributed by atoms with Gasteiger partial charge in [0.05, 0.1) is 5.75 Å². The summed E-state index contributed by atoms with van der Waals surface area (Å²) < 4.78 is 25.4. The van der Waals surface area contributed by atoms with Gasteiger partial charge in [0.2, 0.25) is 15.9 Å². The Hall–Kier alpha value is -1.56. The minimum Gasteiger partial charge on any atom is -0.326 e. The van der Waals surface area contributed by atoms with Crippen LogP contribution >= 0.6 is 0 Å². The van der Waals surface area contributed by atoms with Crippen molar-refractivity contribution >= 4 is 27.3 Å². The largest absolute Gasteiger partial charge is 0.326 e. The van der Waals surface area contributed by atoms with E-state index < -0.39 is 10.0 Å². The van der Waals surface area contributed by atoms with Crippen molar-refractivity contribution in [3.05, 3.63) is 24.3 Å². The molecule has 17 heavy (non-hydrogen) atoms. The zero-order chi connectivity index (χ0) is 12.9. The van der Waals surface area contributed by atoms with Crippen molar-refractivity contribution in [2.45, 2.75) is 20.3 Å². The van der Waals surface area contributed by atoms with Crippen LogP contribution in [0.5, 0.6) is 0 Å². The minimum absolute atomic E-state index is 0.0977. The number of carbonyl (C=O) groups is 1. The highest BCUT2D eigenvalue weighted by atomic mass is 32.2. The first-order valence-corrected chi connectivity index (χ1v) is 6.96. The molecule has 0 aliphatic rings. The van der Waals surface area contributed by atoms with Crippen LogP contribution in [0, 0.1) is 0 Å². The summed E-state index contributed by atoms with van der Waals surface area (Å²) in [5.74, 6) is -0.0650. The molecule has 0 saturated heterocycles. The van der Waals surface area contributed by atoms with E-state index >= 15 is 0 Å². The summed E-state index contributed by atoms with van der Waals surface area (Å²) in [5.41, 5.74) is 1.13. The van der Waals surface area contributed by atoms with Crippen LogP contribution in [0.1, 0.15) is 20.3 Å². The van der Waals surface area contributed by atoms with E-state index in [4.69, 9.17) is 0 Å². The Labute approximate surface area is 101 Å². The quantitative estimate of drug-likeness (QED) is 0.843. The first-order valence-electron chi connectivity index (χ1n) is 5.31. The second-order valence-corrected chi connectivity index (χ2v) is 5.52. The maximum atomic E-state index is 11.5. The monoisotopic (exact) mass is 256 g/mol. The fourth-order valence-electron chi connectivity index (χ4n) is 1.32. The molecule has 5 nitrogen and oxygen atoms in total. The number of rotatable bonds is 5. The molecule has 0 heterocycles. The third kappa shape index (κ3) is 4.86. The van der Waals surface area contributed by atoms with Gasteiger partial charge in [-0.05, 0) is 30.7 Å². The van der Waals surface area contributed by atoms with Gasteiger partial charge < -0.3 is 5.32 Å². The van der Waals surface area contributed by atoms with E-state index in [1.165, 1.54) is 6.92 Å². The van der Waals surface area contributed by atoms with Crippen molar-refractivity contribution in [1.29, 1.82) is 0 Å². The average Bonchev–Trinajstić information content (AvgIpc) is 2.19. The number of sulfonamides is 1. The number of amides is 1. The van der Waals surface area contributed by atoms with Gasteiger partial charge in [-0.3, -0.25) is 9.52 Å². The van der Waals surface area contributed by atoms with Gasteiger partial charge in [-0.15, -0.1) is 0 Å². The van der Waals surface area contributed by atoms with Crippen LogP contribution < -0.4 is 10.0 Å². The molecule has 0 bridgehead atoms. The molecule has 1 aromatic rings. The van der Waals surface area contributed by atoms with Crippen molar-refractivity contribution in [1.82, 2.24) is 0 Å². The molecule has 0 fully saturated rings. The first kappa shape index (κ1) is 13.5. The standard InChI is InChI=1S/C11H16N2O3S/c1-3-8-17(15,16)13-11-6-4-10(5-7-11)12-9(2)14/h4-7,13H,3,8H2,1-2H3,(H,12,14). The Bertz CT molecular complexity index is 480. The third-order valence-corrected chi connectivity index (χ3v) is 3.44. The number of nitrogens with one attached hydrogen (secondary N) is 2. The molecule has 0 saturated carbocycles. The summed E-state index contributed by atoms with van der Waals surface area (Å²) in [7, 11) is -3.26. The Morgan fingerprint density at radius 1 is 1.18 bits per heavy atom. The summed E-state index contributed by atoms with van der Waals surface area (Å²) >= 11 is 0. The van der Waals surface area contributed by atoms with Gasteiger partial charge in [0.1, 0.15) is 0 Å². The fourth-order valence-corrected chi connectivity index (χ4v) is 2.46. The number of hydrogen-bond acceptors (Lipinski definition) is 3. The van der Waals surface area contributed by atoms with Gasteiger partial charge in [0.15, 0.2) is 0 Å². The summed E-state index contributed by atoms with van der Waals surface area (Å²) in [4.78, 5) is 10.8. The topological polar surface area (TPSA) is 75.3 Å². The van der Waals surface area contributed by atoms with E-state index in [1.807, 2.05) is 0 Å². The molecule has 0 aliphatic heterocycles. The molecule has 6 heteroatoms. The zero-order valence-electron chi connectivity index (χ0n) is 9.86. The zero-order valence-corrected chi connectivity index (χ0v) is 10.7. The SMILES string of the molecule is CCCS(=O)(=O)Nc1ccc(NC(C)=O)cc1. The van der Waals surface area contributed by atoms with Crippen LogP contribution in [0.15, 0.2) is 24.3 Å². The van der Waals surface area contributed by atoms with E-state index in [2.05, 4.69) is 10.0 Å². The lowest BCUT2D eigenvalue weighted by Crippen LogP contribution is -2.16. The van der Waals surface area contributed by atoms with Gasteiger partial charge in [-0.1, -0.05) is 6.92 Å². The summed E-state index contributed by atoms with van der Waals surface area (Å²) in [6, 6.07) is 6.51. The maximum absolute atomic E-state index is 11.5. The van der Waals surface area contributed by atoms with E-state index in [1.54, 1.807) is 31.2 Å². The second kappa shape index (κ2) is 5.67. The Balaban J connectivity index is 2.72. The minimum atomic E-state index is -3.26. The highest BCUT2D eigenvalue weighted by Crippen LogP contribution is 2.14. The number of hydrogen-bond donors (Lipinski definition) is 2. The van der Waals surface area contributed by atoms with E-state index in [9.17, 15) is 13.2 Å². The van der Waals surface area contributed by atoms with Crippen LogP contribution in [0.3, 0.4) is 0 Å². The molecule has 1 amide bonds. The highest BCUT2D eigenvalue weighted by Gasteiger charge is 2.08. The lowest BCUT2D eigenvalue weighted by molar-refractivity contribution is -0.114. The molecule has 0 aliphatic carbocycles. The maximum Gasteiger partial charge on any atom is 0.232 e. The van der Waals surface area contributed by atoms with E-state index in [-0.39, 0.29) is 11.7 Å². The van der Waals surface area contributed by atoms with Crippen molar-refractivity contribution < 1.29 is 13.2 Å². The molecule has 94 valence electrons. The average molecular weight is 256 g/mol. The molecular formula is C11H16N2O3S.